The molecule has 632 valence electrons. The van der Waals surface area contributed by atoms with E-state index in [1.54, 1.807) is 85.2 Å². The number of ether oxygens (including phenoxy) is 1. The molecule has 0 spiro atoms. The number of aliphatic hydroxyl groups is 1. The van der Waals surface area contributed by atoms with Gasteiger partial charge in [0.15, 0.2) is 0 Å². The molecule has 1 aliphatic rings. The molecule has 3 aromatic carbocycles. The van der Waals surface area contributed by atoms with Crippen molar-refractivity contribution in [2.24, 2.45) is 34.4 Å². The van der Waals surface area contributed by atoms with Gasteiger partial charge in [-0.1, -0.05) is 48.5 Å². The molecule has 0 bridgehead atoms. The molecule has 16 amide bonds. The molecule has 6 rings (SSSR count). The maximum Gasteiger partial charge on any atom is 0.246 e. The number of carbonyl (C=O) groups is 16. The minimum absolute atomic E-state index is 0.0845. The highest BCUT2D eigenvalue weighted by Gasteiger charge is 2.42. The van der Waals surface area contributed by atoms with Crippen LogP contribution in [0.25, 0.3) is 21.8 Å². The number of carbonyl (C=O) groups excluding carboxylic acids is 16. The van der Waals surface area contributed by atoms with Crippen LogP contribution in [0.2, 0.25) is 0 Å². The van der Waals surface area contributed by atoms with Crippen LogP contribution in [0.4, 0.5) is 0 Å². The van der Waals surface area contributed by atoms with Crippen molar-refractivity contribution in [2.45, 2.75) is 190 Å². The second kappa shape index (κ2) is 46.6. The molecule has 0 unspecified atom stereocenters. The molecular weight excluding hydrogens is 1530 g/mol. The summed E-state index contributed by atoms with van der Waals surface area (Å²) >= 11 is 0.938. The van der Waals surface area contributed by atoms with Crippen molar-refractivity contribution < 1.29 is 86.6 Å². The molecule has 0 saturated carbocycles. The second-order valence-corrected chi connectivity index (χ2v) is 29.5. The van der Waals surface area contributed by atoms with E-state index in [9.17, 15) is 53.1 Å². The van der Waals surface area contributed by atoms with Crippen molar-refractivity contribution in [3.63, 3.8) is 0 Å². The zero-order chi connectivity index (χ0) is 85.2. The molecule has 0 radical (unpaired) electrons. The summed E-state index contributed by atoms with van der Waals surface area (Å²) in [4.78, 5) is 230. The molecule has 40 heteroatoms. The molecule has 1 fully saturated rings. The number of benzene rings is 3. The Labute approximate surface area is 673 Å². The Kier molecular flexibility index (Phi) is 37.4. The van der Waals surface area contributed by atoms with Gasteiger partial charge in [0, 0.05) is 106 Å². The summed E-state index contributed by atoms with van der Waals surface area (Å²) in [7, 11) is 0. The number of hydrogen-bond donors (Lipinski definition) is 22. The van der Waals surface area contributed by atoms with Gasteiger partial charge in [-0.15, -0.1) is 0 Å². The lowest BCUT2D eigenvalue weighted by atomic mass is 9.91. The molecule has 0 aliphatic carbocycles. The number of aromatic amines is 2. The summed E-state index contributed by atoms with van der Waals surface area (Å²) in [5, 5.41) is 46.1. The molecule has 3 heterocycles. The predicted octanol–water partition coefficient (Wildman–Crippen LogP) is -5.20. The molecule has 116 heavy (non-hydrogen) atoms. The number of thioether (sulfide) groups is 1. The number of para-hydroxylation sites is 2. The van der Waals surface area contributed by atoms with Gasteiger partial charge in [0.05, 0.1) is 12.6 Å². The molecule has 12 atom stereocenters. The van der Waals surface area contributed by atoms with Crippen LogP contribution in [0.1, 0.15) is 115 Å². The molecule has 5 aromatic rings. The van der Waals surface area contributed by atoms with Gasteiger partial charge in [0.1, 0.15) is 78.3 Å². The topological polar surface area (TPSA) is 647 Å². The molecular formula is C76H109N21O18S. The molecule has 28 N–H and O–H groups in total. The summed E-state index contributed by atoms with van der Waals surface area (Å²) in [5.41, 5.74) is 34.6. The van der Waals surface area contributed by atoms with Crippen LogP contribution >= 0.6 is 11.8 Å². The smallest absolute Gasteiger partial charge is 0.246 e. The van der Waals surface area contributed by atoms with E-state index in [1.807, 2.05) is 0 Å². The van der Waals surface area contributed by atoms with E-state index in [0.29, 0.717) is 57.1 Å². The van der Waals surface area contributed by atoms with Crippen LogP contribution in [0.5, 0.6) is 5.75 Å². The number of aromatic nitrogens is 2. The largest absolute Gasteiger partial charge is 0.492 e. The zero-order valence-corrected chi connectivity index (χ0v) is 66.1. The van der Waals surface area contributed by atoms with Crippen molar-refractivity contribution in [1.82, 2.24) is 79.1 Å². The number of nitrogens with one attached hydrogen (secondary N) is 15. The SMILES string of the molecule is CC(=O)NCCCC[C@H](NC(=O)[C@](C)(CCCCN)NC(=O)[C@H](Cc1c[nH]c2ccccc12)NC(=O)[C@H](Cc1ccc(OCCN)cc1)NC(=O)[C@@H]1CSCC[C@H](NC(C)=O)C(=O)N[C@@H](CCC(N)=O)C(=O)N[C@@H]([C@@H](C)O)C(=O)N[C@@H](Cc2c[nH]c3ccccc23)C(=O)N[C@@H](CCC(N)=O)C(=O)N1)C(=O)N[C@@H](CN)C(=O)NCC(N)=O. The number of unbranched alkanes of at least 4 members (excludes halogenated alkanes) is 2. The monoisotopic (exact) mass is 1640 g/mol. The van der Waals surface area contributed by atoms with E-state index >= 15 is 28.8 Å². The Balaban J connectivity index is 1.45. The van der Waals surface area contributed by atoms with Gasteiger partial charge in [0.2, 0.25) is 94.5 Å². The number of rotatable bonds is 40. The zero-order valence-electron chi connectivity index (χ0n) is 65.2. The first-order chi connectivity index (χ1) is 55.2. The van der Waals surface area contributed by atoms with Crippen molar-refractivity contribution >= 4 is 128 Å². The highest BCUT2D eigenvalue weighted by atomic mass is 32.2. The van der Waals surface area contributed by atoms with E-state index < -0.39 is 205 Å². The molecule has 1 saturated heterocycles. The predicted molar refractivity (Wildman–Crippen MR) is 427 cm³/mol. The van der Waals surface area contributed by atoms with E-state index in [0.717, 1.165) is 25.6 Å². The Morgan fingerprint density at radius 2 is 1.16 bits per heavy atom. The van der Waals surface area contributed by atoms with Crippen LogP contribution in [-0.2, 0) is 96.0 Å². The number of fused-ring (bicyclic) bond motifs is 2. The lowest BCUT2D eigenvalue weighted by Crippen LogP contribution is -2.65. The fourth-order valence-electron chi connectivity index (χ4n) is 12.6. The van der Waals surface area contributed by atoms with E-state index in [4.69, 9.17) is 39.1 Å². The first-order valence-electron chi connectivity index (χ1n) is 38.1. The third-order valence-electron chi connectivity index (χ3n) is 18.9. The average molecular weight is 1640 g/mol. The highest BCUT2D eigenvalue weighted by Crippen LogP contribution is 2.24. The Morgan fingerprint density at radius 1 is 0.586 bits per heavy atom. The molecule has 1 aliphatic heterocycles. The van der Waals surface area contributed by atoms with Gasteiger partial charge in [-0.2, -0.15) is 11.8 Å². The number of hydrogen-bond acceptors (Lipinski definition) is 22. The van der Waals surface area contributed by atoms with Crippen LogP contribution in [-0.4, -0.2) is 232 Å². The van der Waals surface area contributed by atoms with E-state index in [-0.39, 0.29) is 89.3 Å². The first kappa shape index (κ1) is 93.1. The summed E-state index contributed by atoms with van der Waals surface area (Å²) in [6, 6.07) is 3.88. The number of amides is 16. The Hall–Kier alpha value is -11.8. The number of nitrogens with two attached hydrogens (primary N) is 6. The third-order valence-corrected chi connectivity index (χ3v) is 20.0. The van der Waals surface area contributed by atoms with Gasteiger partial charge in [-0.3, -0.25) is 76.7 Å². The lowest BCUT2D eigenvalue weighted by Gasteiger charge is -2.34. The maximum atomic E-state index is 15.7. The van der Waals surface area contributed by atoms with Crippen molar-refractivity contribution in [2.75, 3.05) is 50.8 Å². The normalized spacial score (nSPS) is 19.0. The van der Waals surface area contributed by atoms with Crippen LogP contribution < -0.4 is 108 Å². The molecule has 39 nitrogen and oxygen atoms in total. The van der Waals surface area contributed by atoms with Crippen molar-refractivity contribution in [1.29, 1.82) is 0 Å². The van der Waals surface area contributed by atoms with Crippen LogP contribution in [0, 0.1) is 0 Å². The van der Waals surface area contributed by atoms with Gasteiger partial charge in [-0.25, -0.2) is 0 Å². The van der Waals surface area contributed by atoms with Gasteiger partial charge < -0.3 is 123 Å². The minimum Gasteiger partial charge on any atom is -0.492 e. The van der Waals surface area contributed by atoms with Crippen molar-refractivity contribution in [3.8, 4) is 5.75 Å². The minimum atomic E-state index is -1.95. The second-order valence-electron chi connectivity index (χ2n) is 28.4. The Bertz CT molecular complexity index is 4270. The average Bonchev–Trinajstić information content (AvgIpc) is 1.25. The van der Waals surface area contributed by atoms with Gasteiger partial charge in [-0.05, 0) is 125 Å². The number of aliphatic hydroxyl groups excluding tert-OH is 1. The fourth-order valence-corrected chi connectivity index (χ4v) is 13.7. The van der Waals surface area contributed by atoms with Gasteiger partial charge >= 0.3 is 0 Å². The lowest BCUT2D eigenvalue weighted by molar-refractivity contribution is -0.138. The number of H-pyrrole nitrogens is 2. The summed E-state index contributed by atoms with van der Waals surface area (Å²) < 4.78 is 5.73. The van der Waals surface area contributed by atoms with Gasteiger partial charge in [0.25, 0.3) is 0 Å². The fraction of sp³-hybridized carbons (Fsp3) is 0.500. The standard InChI is InChI=1S/C76H109N21O18S/c1-41(98)64-74(113)92-57(34-45-37-84-50-15-7-5-13-48(45)50)71(110)89-53(22-24-61(80)101)67(106)94-60(40-116-32-26-55(87-43(3)100)68(107)88-54(69(108)96-64)23-25-62(81)102)72(111)90-56(33-44-18-20-47(21-19-44)115-31-29-78)70(109)91-58(35-46-38-85-51-16-8-6-14-49(46)51)73(112)97-76(4,27-10-11-28-77)75(114)95-52(17-9-12-30-83-42(2)99)66(105)93-59(36-79)65(104)86-39-63(82)103/h5-8,13-16,18-21,37-38,41,52-60,64,84-85,98H,9-12,17,22-36,39-40,77-79H2,1-4H3,(H2,80,101)(H2,81,102)(H2,82,103)(H,83,99)(H,86,104)(H,87,100)(H,88,107)(H,89,110)(H,90,111)(H,91,109)(H,92,113)(H,93,105)(H,94,106)(H,95,114)(H,96,108)(H,97,112)/t41-,52+,53+,54+,55+,56+,57+,58+,59+,60+,64+,76+/m1/s1. The van der Waals surface area contributed by atoms with Crippen molar-refractivity contribution in [3.05, 3.63) is 102 Å². The quantitative estimate of drug-likeness (QED) is 0.0163. The van der Waals surface area contributed by atoms with Crippen LogP contribution in [0.3, 0.4) is 0 Å². The Morgan fingerprint density at radius 3 is 1.76 bits per heavy atom. The van der Waals surface area contributed by atoms with E-state index in [1.165, 1.54) is 13.8 Å². The molecule has 2 aromatic heterocycles. The maximum absolute atomic E-state index is 15.7. The summed E-state index contributed by atoms with van der Waals surface area (Å²) in [6.07, 6.45) is -0.923. The highest BCUT2D eigenvalue weighted by molar-refractivity contribution is 7.99. The third kappa shape index (κ3) is 29.9. The van der Waals surface area contributed by atoms with Crippen LogP contribution in [0.15, 0.2) is 85.2 Å². The summed E-state index contributed by atoms with van der Waals surface area (Å²) in [6.45, 7) is 4.56. The van der Waals surface area contributed by atoms with E-state index in [2.05, 4.69) is 79.1 Å². The first-order valence-corrected chi connectivity index (χ1v) is 39.3. The number of primary amides is 3. The summed E-state index contributed by atoms with van der Waals surface area (Å²) in [5.74, 6) is -15.0.